The zero-order chi connectivity index (χ0) is 15.9. The Balaban J connectivity index is 1.99. The fourth-order valence-electron chi connectivity index (χ4n) is 2.06. The lowest BCUT2D eigenvalue weighted by Gasteiger charge is -2.15. The topological polar surface area (TPSA) is 75.6 Å². The highest BCUT2D eigenvalue weighted by Gasteiger charge is 2.19. The van der Waals surface area contributed by atoms with Crippen LogP contribution in [0.25, 0.3) is 0 Å². The van der Waals surface area contributed by atoms with E-state index in [-0.39, 0.29) is 18.7 Å². The summed E-state index contributed by atoms with van der Waals surface area (Å²) in [5.41, 5.74) is 0.846. The summed E-state index contributed by atoms with van der Waals surface area (Å²) in [7, 11) is 1.58. The van der Waals surface area contributed by atoms with E-state index in [1.165, 1.54) is 11.3 Å². The van der Waals surface area contributed by atoms with Gasteiger partial charge in [-0.2, -0.15) is 0 Å². The van der Waals surface area contributed by atoms with E-state index in [1.807, 2.05) is 29.6 Å². The molecule has 1 amide bonds. The Bertz CT molecular complexity index is 622. The zero-order valence-electron chi connectivity index (χ0n) is 12.1. The lowest BCUT2D eigenvalue weighted by molar-refractivity contribution is -0.137. The average molecular weight is 319 g/mol. The van der Waals surface area contributed by atoms with Crippen molar-refractivity contribution in [3.05, 3.63) is 52.2 Å². The van der Waals surface area contributed by atoms with Crippen molar-refractivity contribution in [2.75, 3.05) is 7.11 Å². The number of carbonyl (C=O) groups is 2. The van der Waals surface area contributed by atoms with Crippen LogP contribution in [-0.2, 0) is 16.0 Å². The molecule has 0 aliphatic carbocycles. The fraction of sp³-hybridized carbons (Fsp3) is 0.250. The Kier molecular flexibility index (Phi) is 5.55. The van der Waals surface area contributed by atoms with Gasteiger partial charge in [0.05, 0.1) is 26.0 Å². The lowest BCUT2D eigenvalue weighted by atomic mass is 10.1. The molecule has 2 rings (SSSR count). The maximum absolute atomic E-state index is 12.1. The van der Waals surface area contributed by atoms with Gasteiger partial charge >= 0.3 is 5.97 Å². The second kappa shape index (κ2) is 7.61. The van der Waals surface area contributed by atoms with Gasteiger partial charge in [0.15, 0.2) is 0 Å². The molecule has 6 heteroatoms. The Hall–Kier alpha value is -2.34. The molecule has 0 bridgehead atoms. The molecule has 1 atom stereocenters. The molecule has 2 aromatic rings. The van der Waals surface area contributed by atoms with Crippen LogP contribution in [0.1, 0.15) is 22.9 Å². The molecule has 0 aliphatic rings. The smallest absolute Gasteiger partial charge is 0.305 e. The van der Waals surface area contributed by atoms with Crippen LogP contribution in [0.3, 0.4) is 0 Å². The van der Waals surface area contributed by atoms with E-state index in [2.05, 4.69) is 5.32 Å². The van der Waals surface area contributed by atoms with E-state index in [0.29, 0.717) is 0 Å². The molecule has 0 fully saturated rings. The maximum atomic E-state index is 12.1. The van der Waals surface area contributed by atoms with Gasteiger partial charge in [-0.15, -0.1) is 11.3 Å². The van der Waals surface area contributed by atoms with Crippen molar-refractivity contribution in [1.29, 1.82) is 0 Å². The molecule has 0 spiro atoms. The van der Waals surface area contributed by atoms with E-state index in [0.717, 1.165) is 16.2 Å². The van der Waals surface area contributed by atoms with Crippen molar-refractivity contribution >= 4 is 23.2 Å². The number of ether oxygens (including phenoxy) is 1. The summed E-state index contributed by atoms with van der Waals surface area (Å²) in [5, 5.41) is 13.6. The van der Waals surface area contributed by atoms with Crippen LogP contribution in [0.2, 0.25) is 0 Å². The molecule has 1 heterocycles. The first kappa shape index (κ1) is 16.0. The maximum Gasteiger partial charge on any atom is 0.305 e. The quantitative estimate of drug-likeness (QED) is 0.822. The van der Waals surface area contributed by atoms with Gasteiger partial charge in [-0.1, -0.05) is 18.2 Å². The standard InChI is InChI=1S/C16H17NO4S/c1-21-12-6-4-11(5-7-12)9-15(18)17-13(10-16(19)20)14-3-2-8-22-14/h2-8,13H,9-10H2,1H3,(H,17,18)(H,19,20). The molecule has 0 aliphatic heterocycles. The monoisotopic (exact) mass is 319 g/mol. The van der Waals surface area contributed by atoms with Gasteiger partial charge in [0.1, 0.15) is 5.75 Å². The number of hydrogen-bond acceptors (Lipinski definition) is 4. The van der Waals surface area contributed by atoms with Crippen molar-refractivity contribution in [2.24, 2.45) is 0 Å². The summed E-state index contributed by atoms with van der Waals surface area (Å²) in [6.45, 7) is 0. The Morgan fingerprint density at radius 3 is 2.55 bits per heavy atom. The highest BCUT2D eigenvalue weighted by Crippen LogP contribution is 2.22. The van der Waals surface area contributed by atoms with E-state index >= 15 is 0 Å². The van der Waals surface area contributed by atoms with Crippen molar-refractivity contribution in [3.63, 3.8) is 0 Å². The SMILES string of the molecule is COc1ccc(CC(=O)NC(CC(=O)O)c2cccs2)cc1. The number of carbonyl (C=O) groups excluding carboxylic acids is 1. The summed E-state index contributed by atoms with van der Waals surface area (Å²) < 4.78 is 5.07. The predicted octanol–water partition coefficient (Wildman–Crippen LogP) is 2.63. The minimum Gasteiger partial charge on any atom is -0.497 e. The van der Waals surface area contributed by atoms with Crippen LogP contribution in [-0.4, -0.2) is 24.1 Å². The molecule has 0 saturated carbocycles. The van der Waals surface area contributed by atoms with Crippen molar-refractivity contribution < 1.29 is 19.4 Å². The van der Waals surface area contributed by atoms with Gasteiger partial charge in [-0.05, 0) is 29.1 Å². The number of thiophene rings is 1. The molecular weight excluding hydrogens is 302 g/mol. The van der Waals surface area contributed by atoms with Crippen LogP contribution in [0.5, 0.6) is 5.75 Å². The van der Waals surface area contributed by atoms with Gasteiger partial charge in [0.2, 0.25) is 5.91 Å². The number of methoxy groups -OCH3 is 1. The number of rotatable bonds is 7. The summed E-state index contributed by atoms with van der Waals surface area (Å²) in [6.07, 6.45) is 0.0698. The zero-order valence-corrected chi connectivity index (χ0v) is 12.9. The van der Waals surface area contributed by atoms with Crippen LogP contribution >= 0.6 is 11.3 Å². The van der Waals surface area contributed by atoms with Crippen molar-refractivity contribution in [2.45, 2.75) is 18.9 Å². The average Bonchev–Trinajstić information content (AvgIpc) is 3.01. The van der Waals surface area contributed by atoms with Gasteiger partial charge in [-0.25, -0.2) is 0 Å². The van der Waals surface area contributed by atoms with Gasteiger partial charge in [0.25, 0.3) is 0 Å². The normalized spacial score (nSPS) is 11.7. The van der Waals surface area contributed by atoms with E-state index in [1.54, 1.807) is 19.2 Å². The minimum absolute atomic E-state index is 0.130. The molecule has 1 unspecified atom stereocenters. The van der Waals surface area contributed by atoms with Crippen molar-refractivity contribution in [1.82, 2.24) is 5.32 Å². The van der Waals surface area contributed by atoms with Crippen LogP contribution in [0.4, 0.5) is 0 Å². The molecule has 1 aromatic carbocycles. The molecule has 116 valence electrons. The van der Waals surface area contributed by atoms with Gasteiger partial charge < -0.3 is 15.2 Å². The first-order valence-electron chi connectivity index (χ1n) is 6.76. The number of carboxylic acids is 1. The molecule has 0 radical (unpaired) electrons. The van der Waals surface area contributed by atoms with Crippen LogP contribution in [0.15, 0.2) is 41.8 Å². The third kappa shape index (κ3) is 4.60. The van der Waals surface area contributed by atoms with E-state index < -0.39 is 12.0 Å². The second-order valence-corrected chi connectivity index (χ2v) is 5.74. The molecule has 2 N–H and O–H groups in total. The summed E-state index contributed by atoms with van der Waals surface area (Å²) in [6, 6.07) is 10.4. The third-order valence-electron chi connectivity index (χ3n) is 3.12. The first-order valence-corrected chi connectivity index (χ1v) is 7.64. The summed E-state index contributed by atoms with van der Waals surface area (Å²) in [4.78, 5) is 23.9. The predicted molar refractivity (Wildman–Crippen MR) is 84.2 cm³/mol. The molecule has 1 aromatic heterocycles. The van der Waals surface area contributed by atoms with E-state index in [9.17, 15) is 9.59 Å². The summed E-state index contributed by atoms with van der Waals surface area (Å²) in [5.74, 6) is -0.417. The van der Waals surface area contributed by atoms with Crippen LogP contribution < -0.4 is 10.1 Å². The van der Waals surface area contributed by atoms with E-state index in [4.69, 9.17) is 9.84 Å². The summed E-state index contributed by atoms with van der Waals surface area (Å²) >= 11 is 1.43. The number of carboxylic acid groups (broad SMARTS) is 1. The minimum atomic E-state index is -0.942. The van der Waals surface area contributed by atoms with Crippen LogP contribution in [0, 0.1) is 0 Å². The number of benzene rings is 1. The Morgan fingerprint density at radius 1 is 1.27 bits per heavy atom. The van der Waals surface area contributed by atoms with Gasteiger partial charge in [-0.3, -0.25) is 9.59 Å². The number of aliphatic carboxylic acids is 1. The number of nitrogens with one attached hydrogen (secondary N) is 1. The molecule has 5 nitrogen and oxygen atoms in total. The fourth-order valence-corrected chi connectivity index (χ4v) is 2.84. The van der Waals surface area contributed by atoms with Crippen molar-refractivity contribution in [3.8, 4) is 5.75 Å². The molecular formula is C16H17NO4S. The largest absolute Gasteiger partial charge is 0.497 e. The second-order valence-electron chi connectivity index (χ2n) is 4.76. The Morgan fingerprint density at radius 2 is 2.00 bits per heavy atom. The molecule has 22 heavy (non-hydrogen) atoms. The molecule has 0 saturated heterocycles. The lowest BCUT2D eigenvalue weighted by Crippen LogP contribution is -2.30. The highest BCUT2D eigenvalue weighted by atomic mass is 32.1. The highest BCUT2D eigenvalue weighted by molar-refractivity contribution is 7.10. The third-order valence-corrected chi connectivity index (χ3v) is 4.11. The first-order chi connectivity index (χ1) is 10.6. The Labute approximate surface area is 132 Å². The number of amides is 1. The van der Waals surface area contributed by atoms with Gasteiger partial charge in [0, 0.05) is 4.88 Å². The number of hydrogen-bond donors (Lipinski definition) is 2.